The lowest BCUT2D eigenvalue weighted by Crippen LogP contribution is -1.94. The van der Waals surface area contributed by atoms with Crippen molar-refractivity contribution in [2.75, 3.05) is 0 Å². The van der Waals surface area contributed by atoms with Gasteiger partial charge >= 0.3 is 0 Å². The molecule has 2 nitrogen and oxygen atoms in total. The first kappa shape index (κ1) is 14.3. The van der Waals surface area contributed by atoms with Crippen molar-refractivity contribution < 1.29 is 9.13 Å². The molecule has 0 spiro atoms. The number of benzene rings is 2. The van der Waals surface area contributed by atoms with Gasteiger partial charge in [0.2, 0.25) is 5.88 Å². The minimum absolute atomic E-state index is 0.126. The fourth-order valence-corrected chi connectivity index (χ4v) is 2.63. The molecule has 0 atom stereocenters. The van der Waals surface area contributed by atoms with E-state index in [4.69, 9.17) is 16.3 Å². The van der Waals surface area contributed by atoms with Crippen LogP contribution in [-0.4, -0.2) is 4.98 Å². The summed E-state index contributed by atoms with van der Waals surface area (Å²) >= 11 is 9.22. The molecule has 0 unspecified atom stereocenters. The van der Waals surface area contributed by atoms with E-state index in [1.807, 2.05) is 24.3 Å². The third-order valence-electron chi connectivity index (χ3n) is 3.08. The number of aromatic nitrogens is 1. The summed E-state index contributed by atoms with van der Waals surface area (Å²) in [6.07, 6.45) is 1.65. The Morgan fingerprint density at radius 2 is 1.90 bits per heavy atom. The van der Waals surface area contributed by atoms with Gasteiger partial charge in [-0.05, 0) is 35.2 Å². The molecule has 0 saturated heterocycles. The molecule has 0 fully saturated rings. The predicted molar refractivity (Wildman–Crippen MR) is 85.5 cm³/mol. The summed E-state index contributed by atoms with van der Waals surface area (Å²) in [6, 6.07) is 12.1. The Labute approximate surface area is 134 Å². The Bertz CT molecular complexity index is 809. The molecule has 0 aliphatic heterocycles. The first-order valence-corrected chi connectivity index (χ1v) is 7.57. The van der Waals surface area contributed by atoms with Crippen LogP contribution in [0.5, 0.6) is 11.6 Å². The number of ether oxygens (including phenoxy) is 1. The minimum Gasteiger partial charge on any atom is -0.435 e. The van der Waals surface area contributed by atoms with Gasteiger partial charge in [0.15, 0.2) is 11.6 Å². The first-order chi connectivity index (χ1) is 10.2. The standard InChI is InChI=1S/C16H10BrClFNO/c17-11-5-6-14(19)15(7-11)21-16-13-4-2-1-3-12(13)10(8-18)9-20-16/h1-7,9H,8H2. The normalized spacial score (nSPS) is 10.8. The molecular formula is C16H10BrClFNO. The number of rotatable bonds is 3. The average molecular weight is 367 g/mol. The van der Waals surface area contributed by atoms with Gasteiger partial charge in [0, 0.05) is 21.9 Å². The summed E-state index contributed by atoms with van der Waals surface area (Å²) in [5, 5.41) is 1.75. The number of fused-ring (bicyclic) bond motifs is 1. The number of hydrogen-bond acceptors (Lipinski definition) is 2. The highest BCUT2D eigenvalue weighted by Crippen LogP contribution is 2.32. The molecule has 0 saturated carbocycles. The van der Waals surface area contributed by atoms with E-state index in [-0.39, 0.29) is 5.75 Å². The smallest absolute Gasteiger partial charge is 0.227 e. The van der Waals surface area contributed by atoms with Crippen LogP contribution in [0.2, 0.25) is 0 Å². The fourth-order valence-electron chi connectivity index (χ4n) is 2.07. The van der Waals surface area contributed by atoms with Crippen molar-refractivity contribution in [2.45, 2.75) is 5.88 Å². The SMILES string of the molecule is Fc1ccc(Br)cc1Oc1ncc(CCl)c2ccccc12. The van der Waals surface area contributed by atoms with Crippen molar-refractivity contribution in [2.24, 2.45) is 0 Å². The Kier molecular flexibility index (Phi) is 4.08. The highest BCUT2D eigenvalue weighted by atomic mass is 79.9. The van der Waals surface area contributed by atoms with E-state index in [1.165, 1.54) is 6.07 Å². The lowest BCUT2D eigenvalue weighted by molar-refractivity contribution is 0.432. The second-order valence-corrected chi connectivity index (χ2v) is 5.63. The van der Waals surface area contributed by atoms with Crippen LogP contribution >= 0.6 is 27.5 Å². The average Bonchev–Trinajstić information content (AvgIpc) is 2.51. The molecule has 1 heterocycles. The highest BCUT2D eigenvalue weighted by Gasteiger charge is 2.11. The van der Waals surface area contributed by atoms with Crippen molar-refractivity contribution in [3.05, 3.63) is 64.5 Å². The van der Waals surface area contributed by atoms with Gasteiger partial charge in [-0.1, -0.05) is 34.1 Å². The third-order valence-corrected chi connectivity index (χ3v) is 3.87. The van der Waals surface area contributed by atoms with Crippen LogP contribution in [0.15, 0.2) is 53.1 Å². The summed E-state index contributed by atoms with van der Waals surface area (Å²) in [6.45, 7) is 0. The van der Waals surface area contributed by atoms with Crippen molar-refractivity contribution >= 4 is 38.3 Å². The van der Waals surface area contributed by atoms with Gasteiger partial charge in [-0.3, -0.25) is 0 Å². The van der Waals surface area contributed by atoms with E-state index in [9.17, 15) is 4.39 Å². The van der Waals surface area contributed by atoms with Crippen LogP contribution in [0.1, 0.15) is 5.56 Å². The summed E-state index contributed by atoms with van der Waals surface area (Å²) in [5.41, 5.74) is 0.911. The zero-order valence-electron chi connectivity index (χ0n) is 10.8. The van der Waals surface area contributed by atoms with Crippen molar-refractivity contribution in [3.8, 4) is 11.6 Å². The summed E-state index contributed by atoms with van der Waals surface area (Å²) in [7, 11) is 0. The van der Waals surface area contributed by atoms with Crippen LogP contribution in [-0.2, 0) is 5.88 Å². The van der Waals surface area contributed by atoms with Crippen molar-refractivity contribution in [1.29, 1.82) is 0 Å². The molecule has 21 heavy (non-hydrogen) atoms. The molecule has 3 rings (SSSR count). The quantitative estimate of drug-likeness (QED) is 0.557. The number of nitrogens with zero attached hydrogens (tertiary/aromatic N) is 1. The maximum absolute atomic E-state index is 13.8. The van der Waals surface area contributed by atoms with Gasteiger partial charge in [0.05, 0.1) is 0 Å². The molecule has 5 heteroatoms. The second kappa shape index (κ2) is 6.00. The lowest BCUT2D eigenvalue weighted by Gasteiger charge is -2.11. The Hall–Kier alpha value is -1.65. The van der Waals surface area contributed by atoms with Gasteiger partial charge in [-0.25, -0.2) is 9.37 Å². The van der Waals surface area contributed by atoms with E-state index in [1.54, 1.807) is 18.3 Å². The van der Waals surface area contributed by atoms with Crippen LogP contribution in [0.3, 0.4) is 0 Å². The molecular weight excluding hydrogens is 357 g/mol. The summed E-state index contributed by atoms with van der Waals surface area (Å²) in [5.74, 6) is 0.404. The molecule has 1 aromatic heterocycles. The second-order valence-electron chi connectivity index (χ2n) is 4.44. The number of alkyl halides is 1. The number of hydrogen-bond donors (Lipinski definition) is 0. The molecule has 2 aromatic carbocycles. The zero-order valence-corrected chi connectivity index (χ0v) is 13.2. The monoisotopic (exact) mass is 365 g/mol. The highest BCUT2D eigenvalue weighted by molar-refractivity contribution is 9.10. The Balaban J connectivity index is 2.11. The molecule has 0 bridgehead atoms. The molecule has 0 amide bonds. The Morgan fingerprint density at radius 3 is 2.67 bits per heavy atom. The molecule has 0 radical (unpaired) electrons. The predicted octanol–water partition coefficient (Wildman–Crippen LogP) is 5.67. The van der Waals surface area contributed by atoms with Gasteiger partial charge in [-0.2, -0.15) is 0 Å². The van der Waals surface area contributed by atoms with E-state index >= 15 is 0 Å². The topological polar surface area (TPSA) is 22.1 Å². The molecule has 0 N–H and O–H groups in total. The van der Waals surface area contributed by atoms with Crippen molar-refractivity contribution in [1.82, 2.24) is 4.98 Å². The van der Waals surface area contributed by atoms with E-state index in [2.05, 4.69) is 20.9 Å². The zero-order chi connectivity index (χ0) is 14.8. The lowest BCUT2D eigenvalue weighted by atomic mass is 10.1. The van der Waals surface area contributed by atoms with Gasteiger partial charge in [0.25, 0.3) is 0 Å². The van der Waals surface area contributed by atoms with Crippen LogP contribution < -0.4 is 4.74 Å². The Morgan fingerprint density at radius 1 is 1.14 bits per heavy atom. The maximum atomic E-state index is 13.8. The van der Waals surface area contributed by atoms with Crippen molar-refractivity contribution in [3.63, 3.8) is 0 Å². The molecule has 106 valence electrons. The minimum atomic E-state index is -0.439. The summed E-state index contributed by atoms with van der Waals surface area (Å²) < 4.78 is 20.2. The van der Waals surface area contributed by atoms with Crippen LogP contribution in [0.4, 0.5) is 4.39 Å². The molecule has 3 aromatic rings. The van der Waals surface area contributed by atoms with Gasteiger partial charge in [-0.15, -0.1) is 11.6 Å². The number of pyridine rings is 1. The number of halogens is 3. The third kappa shape index (κ3) is 2.87. The fraction of sp³-hybridized carbons (Fsp3) is 0.0625. The van der Waals surface area contributed by atoms with E-state index < -0.39 is 5.82 Å². The van der Waals surface area contributed by atoms with Crippen LogP contribution in [0, 0.1) is 5.82 Å². The van der Waals surface area contributed by atoms with E-state index in [0.29, 0.717) is 11.8 Å². The summed E-state index contributed by atoms with van der Waals surface area (Å²) in [4.78, 5) is 4.26. The maximum Gasteiger partial charge on any atom is 0.227 e. The largest absolute Gasteiger partial charge is 0.435 e. The van der Waals surface area contributed by atoms with Gasteiger partial charge in [0.1, 0.15) is 0 Å². The first-order valence-electron chi connectivity index (χ1n) is 6.24. The molecule has 0 aliphatic rings. The van der Waals surface area contributed by atoms with E-state index in [0.717, 1.165) is 20.8 Å². The van der Waals surface area contributed by atoms with Gasteiger partial charge < -0.3 is 4.74 Å². The molecule has 0 aliphatic carbocycles. The van der Waals surface area contributed by atoms with Crippen LogP contribution in [0.25, 0.3) is 10.8 Å².